The van der Waals surface area contributed by atoms with Gasteiger partial charge in [-0.2, -0.15) is 29.9 Å². The van der Waals surface area contributed by atoms with Gasteiger partial charge in [-0.25, -0.2) is 15.0 Å². The van der Waals surface area contributed by atoms with Gasteiger partial charge in [-0.15, -0.1) is 0 Å². The van der Waals surface area contributed by atoms with Gasteiger partial charge in [0.15, 0.2) is 34.9 Å². The molecule has 19 heteroatoms. The van der Waals surface area contributed by atoms with E-state index in [0.717, 1.165) is 209 Å². The highest BCUT2D eigenvalue weighted by molar-refractivity contribution is 6.39. The first-order valence-corrected chi connectivity index (χ1v) is 47.9. The van der Waals surface area contributed by atoms with Gasteiger partial charge in [0, 0.05) is 151 Å². The number of fused-ring (bicyclic) bond motifs is 30. The minimum atomic E-state index is 0.531. The first kappa shape index (κ1) is 82.2. The molecule has 0 saturated heterocycles. The molecule has 18 aromatic carbocycles. The summed E-state index contributed by atoms with van der Waals surface area (Å²) in [5.41, 5.74) is 24.8. The van der Waals surface area contributed by atoms with E-state index < -0.39 is 0 Å². The van der Waals surface area contributed by atoms with Crippen molar-refractivity contribution in [2.75, 3.05) is 0 Å². The van der Waals surface area contributed by atoms with Crippen LogP contribution in [-0.2, 0) is 0 Å². The van der Waals surface area contributed by atoms with E-state index in [-0.39, 0.29) is 0 Å². The first-order chi connectivity index (χ1) is 71.5. The molecule has 0 bridgehead atoms. The van der Waals surface area contributed by atoms with Gasteiger partial charge in [0.25, 0.3) is 0 Å². The second-order valence-corrected chi connectivity index (χ2v) is 35.6. The lowest BCUT2D eigenvalue weighted by molar-refractivity contribution is 0.953. The highest BCUT2D eigenvalue weighted by atomic mass is 15.2. The third-order valence-corrected chi connectivity index (χ3v) is 27.4. The van der Waals surface area contributed by atoms with Crippen LogP contribution in [0.15, 0.2) is 468 Å². The lowest BCUT2D eigenvalue weighted by atomic mass is 10.0. The molecule has 0 unspecified atom stereocenters. The van der Waals surface area contributed by atoms with E-state index in [1.54, 1.807) is 12.4 Å². The van der Waals surface area contributed by atoms with Crippen molar-refractivity contribution in [3.63, 3.8) is 0 Å². The quantitative estimate of drug-likeness (QED) is 0.112. The Labute approximate surface area is 821 Å². The fourth-order valence-electron chi connectivity index (χ4n) is 21.5. The molecule has 0 fully saturated rings. The summed E-state index contributed by atoms with van der Waals surface area (Å²) in [6, 6.07) is 152. The van der Waals surface area contributed by atoms with Crippen LogP contribution in [0, 0.1) is 0 Å². The van der Waals surface area contributed by atoms with Gasteiger partial charge in [-0.05, 0) is 84.9 Å². The third-order valence-electron chi connectivity index (χ3n) is 27.4. The molecule has 12 aromatic heterocycles. The Bertz CT molecular complexity index is 9220. The van der Waals surface area contributed by atoms with E-state index >= 15 is 0 Å². The molecule has 144 heavy (non-hydrogen) atoms. The van der Waals surface area contributed by atoms with Crippen LogP contribution in [0.5, 0.6) is 0 Å². The van der Waals surface area contributed by atoms with E-state index in [0.29, 0.717) is 52.8 Å². The molecule has 0 aliphatic heterocycles. The number of rotatable bonds is 12. The first-order valence-electron chi connectivity index (χ1n) is 47.9. The second-order valence-electron chi connectivity index (χ2n) is 35.6. The SMILES string of the molecule is c1ccc(-c2nc(-c3ccccc3)nc(-n3c4ccccc4c4c5cccnc5c5c6ccccc6n(-c6ccccc6)c5c43)n2)cc1.c1ccc(-c2nc(-c3ccccc3)nc(-n3c4ccccc4c4c5ncccc5c5c6ccccc6n(-c6ccccc6)c5c43)n2)cc1.c1ccc(-c2nc(-c3ccccc3)nc(-n3c4ccccc4c4c5nccnc5c5c6ccccc6n(-c6ccccc6)c5c43)n2)cc1. The summed E-state index contributed by atoms with van der Waals surface area (Å²) in [7, 11) is 0. The average Bonchev–Trinajstić information content (AvgIpc) is 1.53. The highest BCUT2D eigenvalue weighted by Crippen LogP contribution is 2.51. The number of hydrogen-bond acceptors (Lipinski definition) is 13. The summed E-state index contributed by atoms with van der Waals surface area (Å²) < 4.78 is 13.7. The van der Waals surface area contributed by atoms with E-state index in [1.807, 2.05) is 213 Å². The van der Waals surface area contributed by atoms with E-state index in [4.69, 9.17) is 64.8 Å². The smallest absolute Gasteiger partial charge is 0.238 e. The molecule has 30 aromatic rings. The standard InChI is InChI=1S/2C42H26N6.C41H25N7/c1-4-15-27(16-5-1)40-44-41(28-17-6-2-7-18-28)46-42(45-40)48-34-25-13-10-21-30(34)35-32-23-14-26-43-37(32)36-31-22-11-12-24-33(31)47(39(36)38(35)48)29-19-8-3-9-20-29;1-4-15-27(16-5-1)40-44-41(28-17-6-2-7-18-28)46-42(45-40)48-34-25-13-11-22-31(34)36-37-32(23-14-26-43-37)35-30-21-10-12-24-33(30)47(38(35)39(36)48)29-19-8-3-9-20-29;1-4-14-26(15-5-1)39-44-40(27-16-6-2-7-17-27)46-41(45-39)48-32-23-13-11-21-30(32)34-36-35(42-24-25-43-36)33-29-20-10-12-22-31(29)47(37(33)38(34)48)28-18-8-3-9-19-28/h2*1-26H;1-25H. The molecule has 19 nitrogen and oxygen atoms in total. The number of nitrogens with zero attached hydrogens (tertiary/aromatic N) is 19. The maximum absolute atomic E-state index is 5.23. The zero-order chi connectivity index (χ0) is 94.8. The predicted molar refractivity (Wildman–Crippen MR) is 582 cm³/mol. The van der Waals surface area contributed by atoms with Gasteiger partial charge in [-0.1, -0.05) is 358 Å². The van der Waals surface area contributed by atoms with Gasteiger partial charge in [-0.3, -0.25) is 33.6 Å². The summed E-state index contributed by atoms with van der Waals surface area (Å²) in [6.07, 6.45) is 7.34. The van der Waals surface area contributed by atoms with Gasteiger partial charge in [0.05, 0.1) is 88.3 Å². The Hall–Kier alpha value is -20.1. The summed E-state index contributed by atoms with van der Waals surface area (Å²) in [6.45, 7) is 0. The fourth-order valence-corrected chi connectivity index (χ4v) is 21.5. The van der Waals surface area contributed by atoms with Crippen LogP contribution < -0.4 is 0 Å². The van der Waals surface area contributed by atoms with Crippen LogP contribution in [0.2, 0.25) is 0 Å². The van der Waals surface area contributed by atoms with Crippen molar-refractivity contribution < 1.29 is 0 Å². The van der Waals surface area contributed by atoms with Crippen molar-refractivity contribution in [2.24, 2.45) is 0 Å². The number of hydrogen-bond donors (Lipinski definition) is 0. The number of pyridine rings is 2. The lowest BCUT2D eigenvalue weighted by Crippen LogP contribution is -2.07. The minimum Gasteiger partial charge on any atom is -0.307 e. The van der Waals surface area contributed by atoms with Crippen molar-refractivity contribution >= 4 is 164 Å². The van der Waals surface area contributed by atoms with Crippen molar-refractivity contribution in [1.29, 1.82) is 0 Å². The monoisotopic (exact) mass is 1840 g/mol. The van der Waals surface area contributed by atoms with Crippen molar-refractivity contribution in [1.82, 2.24) is 92.2 Å². The van der Waals surface area contributed by atoms with Crippen LogP contribution in [0.4, 0.5) is 0 Å². The topological polar surface area (TPSA) is 197 Å². The molecule has 0 spiro atoms. The zero-order valence-corrected chi connectivity index (χ0v) is 77.0. The normalized spacial score (nSPS) is 11.8. The Kier molecular flexibility index (Phi) is 19.4. The molecule has 0 atom stereocenters. The number of aromatic nitrogens is 19. The zero-order valence-electron chi connectivity index (χ0n) is 77.0. The summed E-state index contributed by atoms with van der Waals surface area (Å²) in [4.78, 5) is 66.4. The van der Waals surface area contributed by atoms with Gasteiger partial charge in [0.2, 0.25) is 17.8 Å². The van der Waals surface area contributed by atoms with E-state index in [1.165, 1.54) is 5.39 Å². The average molecular weight is 1850 g/mol. The van der Waals surface area contributed by atoms with Crippen molar-refractivity contribution in [3.8, 4) is 103 Å². The molecule has 0 N–H and O–H groups in total. The fraction of sp³-hybridized carbons (Fsp3) is 0. The Morgan fingerprint density at radius 3 is 0.569 bits per heavy atom. The Balaban J connectivity index is 0.000000105. The van der Waals surface area contributed by atoms with Gasteiger partial charge < -0.3 is 13.7 Å². The third kappa shape index (κ3) is 13.2. The van der Waals surface area contributed by atoms with Crippen molar-refractivity contribution in [3.05, 3.63) is 468 Å². The number of benzene rings is 18. The Morgan fingerprint density at radius 1 is 0.132 bits per heavy atom. The largest absolute Gasteiger partial charge is 0.307 e. The summed E-state index contributed by atoms with van der Waals surface area (Å²) >= 11 is 0. The lowest BCUT2D eigenvalue weighted by Gasteiger charge is -2.14. The molecule has 672 valence electrons. The van der Waals surface area contributed by atoms with E-state index in [9.17, 15) is 0 Å². The van der Waals surface area contributed by atoms with Crippen LogP contribution >= 0.6 is 0 Å². The van der Waals surface area contributed by atoms with Crippen LogP contribution in [0.3, 0.4) is 0 Å². The van der Waals surface area contributed by atoms with Gasteiger partial charge in [0.1, 0.15) is 0 Å². The van der Waals surface area contributed by atoms with Crippen LogP contribution in [0.1, 0.15) is 0 Å². The number of para-hydroxylation sites is 9. The van der Waals surface area contributed by atoms with Gasteiger partial charge >= 0.3 is 0 Å². The molecule has 0 amide bonds. The summed E-state index contributed by atoms with van der Waals surface area (Å²) in [5, 5.41) is 15.3. The molecule has 30 rings (SSSR count). The molecular weight excluding hydrogens is 1770 g/mol. The molecule has 0 aliphatic carbocycles. The van der Waals surface area contributed by atoms with Crippen molar-refractivity contribution in [2.45, 2.75) is 0 Å². The summed E-state index contributed by atoms with van der Waals surface area (Å²) in [5.74, 6) is 5.31. The molecule has 12 heterocycles. The predicted octanol–water partition coefficient (Wildman–Crippen LogP) is 29.2. The minimum absolute atomic E-state index is 0.531. The maximum atomic E-state index is 5.23. The highest BCUT2D eigenvalue weighted by Gasteiger charge is 2.33. The molecule has 0 radical (unpaired) electrons. The van der Waals surface area contributed by atoms with Crippen LogP contribution in [-0.4, -0.2) is 92.2 Å². The van der Waals surface area contributed by atoms with Crippen LogP contribution in [0.25, 0.3) is 267 Å². The second kappa shape index (κ2) is 34.0. The molecular formula is C125H77N19. The Morgan fingerprint density at radius 2 is 0.312 bits per heavy atom. The molecule has 0 aliphatic rings. The maximum Gasteiger partial charge on any atom is 0.238 e. The molecule has 0 saturated carbocycles. The van der Waals surface area contributed by atoms with E-state index in [2.05, 4.69) is 270 Å².